The van der Waals surface area contributed by atoms with Gasteiger partial charge in [-0.25, -0.2) is 0 Å². The number of para-hydroxylation sites is 2. The predicted octanol–water partition coefficient (Wildman–Crippen LogP) is 2.41. The van der Waals surface area contributed by atoms with Gasteiger partial charge in [-0.3, -0.25) is 19.3 Å². The molecule has 2 amide bonds. The van der Waals surface area contributed by atoms with Crippen LogP contribution in [0.1, 0.15) is 19.4 Å². The molecule has 0 bridgehead atoms. The average Bonchev–Trinajstić information content (AvgIpc) is 2.64. The summed E-state index contributed by atoms with van der Waals surface area (Å²) in [6.45, 7) is 2.99. The zero-order valence-electron chi connectivity index (χ0n) is 15.1. The Balaban J connectivity index is 1.70. The van der Waals surface area contributed by atoms with Crippen LogP contribution >= 0.6 is 0 Å². The summed E-state index contributed by atoms with van der Waals surface area (Å²) in [5.41, 5.74) is 0.693. The van der Waals surface area contributed by atoms with Crippen molar-refractivity contribution in [3.8, 4) is 5.75 Å². The number of nitrogens with one attached hydrogen (secondary N) is 1. The van der Waals surface area contributed by atoms with Crippen molar-refractivity contribution in [3.63, 3.8) is 0 Å². The predicted molar refractivity (Wildman–Crippen MR) is 100 cm³/mol. The molecule has 140 valence electrons. The second kappa shape index (κ2) is 7.11. The molecule has 0 saturated heterocycles. The first-order valence-electron chi connectivity index (χ1n) is 8.45. The van der Waals surface area contributed by atoms with E-state index in [2.05, 4.69) is 5.32 Å². The summed E-state index contributed by atoms with van der Waals surface area (Å²) in [7, 11) is 0. The molecule has 0 radical (unpaired) electrons. The van der Waals surface area contributed by atoms with Gasteiger partial charge < -0.3 is 15.2 Å². The summed E-state index contributed by atoms with van der Waals surface area (Å²) in [6, 6.07) is 13.7. The Labute approximate surface area is 156 Å². The number of benzene rings is 2. The van der Waals surface area contributed by atoms with Crippen molar-refractivity contribution in [2.75, 3.05) is 23.4 Å². The van der Waals surface area contributed by atoms with Crippen LogP contribution in [0.5, 0.6) is 5.75 Å². The molecule has 0 fully saturated rings. The van der Waals surface area contributed by atoms with Gasteiger partial charge in [-0.1, -0.05) is 24.3 Å². The fourth-order valence-electron chi connectivity index (χ4n) is 2.77. The summed E-state index contributed by atoms with van der Waals surface area (Å²) >= 11 is 0. The lowest BCUT2D eigenvalue weighted by Crippen LogP contribution is -2.43. The lowest BCUT2D eigenvalue weighted by Gasteiger charge is -2.28. The first-order valence-corrected chi connectivity index (χ1v) is 8.45. The van der Waals surface area contributed by atoms with E-state index in [4.69, 9.17) is 4.74 Å². The van der Waals surface area contributed by atoms with Crippen LogP contribution in [0, 0.1) is 0 Å². The molecule has 1 heterocycles. The zero-order chi connectivity index (χ0) is 19.6. The van der Waals surface area contributed by atoms with Gasteiger partial charge >= 0.3 is 5.97 Å². The maximum atomic E-state index is 12.4. The first kappa shape index (κ1) is 18.4. The molecule has 2 aromatic rings. The van der Waals surface area contributed by atoms with E-state index in [0.717, 1.165) is 0 Å². The molecule has 7 nitrogen and oxygen atoms in total. The monoisotopic (exact) mass is 368 g/mol. The van der Waals surface area contributed by atoms with Gasteiger partial charge in [0.25, 0.3) is 5.91 Å². The highest BCUT2D eigenvalue weighted by Crippen LogP contribution is 2.31. The van der Waals surface area contributed by atoms with Gasteiger partial charge in [0.2, 0.25) is 5.91 Å². The average molecular weight is 368 g/mol. The van der Waals surface area contributed by atoms with Gasteiger partial charge in [-0.15, -0.1) is 0 Å². The summed E-state index contributed by atoms with van der Waals surface area (Å²) in [5, 5.41) is 12.0. The third-order valence-corrected chi connectivity index (χ3v) is 4.53. The number of hydrogen-bond donors (Lipinski definition) is 2. The van der Waals surface area contributed by atoms with Crippen molar-refractivity contribution < 1.29 is 24.2 Å². The molecule has 0 unspecified atom stereocenters. The van der Waals surface area contributed by atoms with Crippen molar-refractivity contribution in [1.82, 2.24) is 0 Å². The quantitative estimate of drug-likeness (QED) is 0.845. The Morgan fingerprint density at radius 2 is 1.81 bits per heavy atom. The second-order valence-corrected chi connectivity index (χ2v) is 6.79. The van der Waals surface area contributed by atoms with Crippen molar-refractivity contribution in [1.29, 1.82) is 0 Å². The van der Waals surface area contributed by atoms with Crippen LogP contribution in [-0.2, 0) is 19.8 Å². The smallest absolute Gasteiger partial charge is 0.313 e. The van der Waals surface area contributed by atoms with E-state index in [-0.39, 0.29) is 25.0 Å². The van der Waals surface area contributed by atoms with E-state index < -0.39 is 11.4 Å². The van der Waals surface area contributed by atoms with Gasteiger partial charge in [0.1, 0.15) is 12.3 Å². The normalized spacial score (nSPS) is 13.6. The number of nitrogens with zero attached hydrogens (tertiary/aromatic N) is 1. The molecule has 0 spiro atoms. The zero-order valence-corrected chi connectivity index (χ0v) is 15.1. The lowest BCUT2D eigenvalue weighted by molar-refractivity contribution is -0.142. The Hall–Kier alpha value is -3.35. The molecule has 27 heavy (non-hydrogen) atoms. The number of fused-ring (bicyclic) bond motifs is 1. The molecule has 3 rings (SSSR count). The van der Waals surface area contributed by atoms with Gasteiger partial charge in [-0.2, -0.15) is 0 Å². The summed E-state index contributed by atoms with van der Waals surface area (Å²) in [4.78, 5) is 37.2. The summed E-state index contributed by atoms with van der Waals surface area (Å²) in [5.74, 6) is -1.01. The highest BCUT2D eigenvalue weighted by Gasteiger charge is 2.29. The molecule has 7 heteroatoms. The fourth-order valence-corrected chi connectivity index (χ4v) is 2.77. The minimum Gasteiger partial charge on any atom is -0.482 e. The molecule has 2 aromatic carbocycles. The first-order chi connectivity index (χ1) is 12.8. The number of aliphatic carboxylic acids is 1. The molecule has 0 saturated carbocycles. The Kier molecular flexibility index (Phi) is 4.85. The minimum absolute atomic E-state index is 0.108. The number of carbonyl (C=O) groups is 3. The van der Waals surface area contributed by atoms with Crippen LogP contribution in [0.3, 0.4) is 0 Å². The van der Waals surface area contributed by atoms with Crippen LogP contribution in [0.25, 0.3) is 0 Å². The van der Waals surface area contributed by atoms with E-state index in [0.29, 0.717) is 22.7 Å². The maximum Gasteiger partial charge on any atom is 0.313 e. The molecule has 1 aliphatic heterocycles. The minimum atomic E-state index is -1.02. The van der Waals surface area contributed by atoms with E-state index in [9.17, 15) is 19.5 Å². The Morgan fingerprint density at radius 1 is 1.15 bits per heavy atom. The number of amides is 2. The van der Waals surface area contributed by atoms with E-state index >= 15 is 0 Å². The Bertz CT molecular complexity index is 890. The number of rotatable bonds is 5. The molecule has 1 aliphatic rings. The number of carbonyl (C=O) groups excluding carboxylic acids is 2. The third-order valence-electron chi connectivity index (χ3n) is 4.53. The molecular weight excluding hydrogens is 348 g/mol. The van der Waals surface area contributed by atoms with Crippen molar-refractivity contribution >= 4 is 29.2 Å². The topological polar surface area (TPSA) is 95.9 Å². The van der Waals surface area contributed by atoms with Crippen molar-refractivity contribution in [2.45, 2.75) is 19.3 Å². The SMILES string of the molecule is CC(C)(C(=O)O)c1ccc(NC(=O)CN2C(=O)COc3ccccc32)cc1. The highest BCUT2D eigenvalue weighted by atomic mass is 16.5. The molecule has 0 aromatic heterocycles. The fraction of sp³-hybridized carbons (Fsp3) is 0.250. The number of ether oxygens (including phenoxy) is 1. The van der Waals surface area contributed by atoms with Crippen molar-refractivity contribution in [2.24, 2.45) is 0 Å². The van der Waals surface area contributed by atoms with Gasteiger partial charge in [-0.05, 0) is 43.7 Å². The lowest BCUT2D eigenvalue weighted by atomic mass is 9.85. The van der Waals surface area contributed by atoms with Crippen LogP contribution in [0.2, 0.25) is 0 Å². The van der Waals surface area contributed by atoms with E-state index in [1.165, 1.54) is 4.90 Å². The standard InChI is InChI=1S/C20H20N2O5/c1-20(2,19(25)26)13-7-9-14(10-8-13)21-17(23)11-22-15-5-3-4-6-16(15)27-12-18(22)24/h3-10H,11-12H2,1-2H3,(H,21,23)(H,25,26). The van der Waals surface area contributed by atoms with Gasteiger partial charge in [0, 0.05) is 5.69 Å². The number of carboxylic acids is 1. The van der Waals surface area contributed by atoms with E-state index in [1.54, 1.807) is 62.4 Å². The molecule has 2 N–H and O–H groups in total. The Morgan fingerprint density at radius 3 is 2.48 bits per heavy atom. The highest BCUT2D eigenvalue weighted by molar-refractivity contribution is 6.04. The van der Waals surface area contributed by atoms with Crippen LogP contribution in [-0.4, -0.2) is 36.0 Å². The number of anilines is 2. The number of hydrogen-bond acceptors (Lipinski definition) is 4. The summed E-state index contributed by atoms with van der Waals surface area (Å²) in [6.07, 6.45) is 0. The molecule has 0 aliphatic carbocycles. The van der Waals surface area contributed by atoms with Crippen LogP contribution in [0.4, 0.5) is 11.4 Å². The second-order valence-electron chi connectivity index (χ2n) is 6.79. The summed E-state index contributed by atoms with van der Waals surface area (Å²) < 4.78 is 5.36. The molecule has 0 atom stereocenters. The number of carboxylic acid groups (broad SMARTS) is 1. The van der Waals surface area contributed by atoms with Gasteiger partial charge in [0.15, 0.2) is 6.61 Å². The van der Waals surface area contributed by atoms with E-state index in [1.807, 2.05) is 0 Å². The third kappa shape index (κ3) is 3.76. The molecular formula is C20H20N2O5. The van der Waals surface area contributed by atoms with Crippen LogP contribution in [0.15, 0.2) is 48.5 Å². The van der Waals surface area contributed by atoms with Gasteiger partial charge in [0.05, 0.1) is 11.1 Å². The van der Waals surface area contributed by atoms with Crippen molar-refractivity contribution in [3.05, 3.63) is 54.1 Å². The van der Waals surface area contributed by atoms with Crippen LogP contribution < -0.4 is 15.0 Å². The largest absolute Gasteiger partial charge is 0.482 e. The maximum absolute atomic E-state index is 12.4.